The molecular weight excluding hydrogens is 362 g/mol. The summed E-state index contributed by atoms with van der Waals surface area (Å²) in [5.74, 6) is 0.518. The number of ether oxygens (including phenoxy) is 1. The lowest BCUT2D eigenvalue weighted by Gasteiger charge is -2.34. The normalized spacial score (nSPS) is 23.5. The average Bonchev–Trinajstić information content (AvgIpc) is 2.99. The molecule has 0 N–H and O–H groups in total. The number of nitrogens with zero attached hydrogens (tertiary/aromatic N) is 1. The van der Waals surface area contributed by atoms with Gasteiger partial charge in [0.1, 0.15) is 11.4 Å². The van der Waals surface area contributed by atoms with Gasteiger partial charge in [0, 0.05) is 18.0 Å². The molecule has 1 atom stereocenters. The zero-order chi connectivity index (χ0) is 17.7. The summed E-state index contributed by atoms with van der Waals surface area (Å²) in [6.45, 7) is 0.464. The molecule has 2 aliphatic rings. The Morgan fingerprint density at radius 2 is 1.92 bits per heavy atom. The maximum Gasteiger partial charge on any atom is 0.243 e. The van der Waals surface area contributed by atoms with Crippen LogP contribution in [0.2, 0.25) is 5.02 Å². The smallest absolute Gasteiger partial charge is 0.243 e. The SMILES string of the molecule is O=C1CC2(CCN(S(=O)(=O)c3cccc(Cl)c3)C2)Oc2ccccc21. The van der Waals surface area contributed by atoms with E-state index in [1.54, 1.807) is 36.4 Å². The molecule has 7 heteroatoms. The third kappa shape index (κ3) is 2.84. The molecule has 4 rings (SSSR count). The molecule has 0 bridgehead atoms. The van der Waals surface area contributed by atoms with Crippen LogP contribution in [0, 0.1) is 0 Å². The molecule has 5 nitrogen and oxygen atoms in total. The number of rotatable bonds is 2. The number of sulfonamides is 1. The van der Waals surface area contributed by atoms with Crippen molar-refractivity contribution in [1.82, 2.24) is 4.31 Å². The summed E-state index contributed by atoms with van der Waals surface area (Å²) < 4.78 is 33.2. The van der Waals surface area contributed by atoms with Crippen molar-refractivity contribution in [2.75, 3.05) is 13.1 Å². The van der Waals surface area contributed by atoms with E-state index in [4.69, 9.17) is 16.3 Å². The summed E-state index contributed by atoms with van der Waals surface area (Å²) in [5.41, 5.74) is -0.235. The van der Waals surface area contributed by atoms with E-state index in [0.29, 0.717) is 29.3 Å². The number of fused-ring (bicyclic) bond motifs is 1. The Morgan fingerprint density at radius 3 is 2.72 bits per heavy atom. The number of carbonyl (C=O) groups is 1. The Balaban J connectivity index is 1.63. The molecule has 0 amide bonds. The van der Waals surface area contributed by atoms with Crippen molar-refractivity contribution in [3.05, 3.63) is 59.1 Å². The minimum Gasteiger partial charge on any atom is -0.485 e. The molecule has 1 fully saturated rings. The average molecular weight is 378 g/mol. The second-order valence-corrected chi connectivity index (χ2v) is 8.80. The van der Waals surface area contributed by atoms with Gasteiger partial charge in [-0.2, -0.15) is 4.31 Å². The first kappa shape index (κ1) is 16.6. The summed E-state index contributed by atoms with van der Waals surface area (Å²) in [6.07, 6.45) is 0.665. The van der Waals surface area contributed by atoms with Gasteiger partial charge in [-0.05, 0) is 30.3 Å². The molecule has 0 aliphatic carbocycles. The quantitative estimate of drug-likeness (QED) is 0.806. The molecule has 2 aromatic carbocycles. The Hall–Kier alpha value is -1.89. The van der Waals surface area contributed by atoms with Crippen molar-refractivity contribution >= 4 is 27.4 Å². The molecule has 0 saturated carbocycles. The summed E-state index contributed by atoms with van der Waals surface area (Å²) in [4.78, 5) is 12.6. The van der Waals surface area contributed by atoms with Gasteiger partial charge >= 0.3 is 0 Å². The maximum atomic E-state index is 12.9. The minimum atomic E-state index is -3.67. The van der Waals surface area contributed by atoms with E-state index in [2.05, 4.69) is 0 Å². The molecule has 1 saturated heterocycles. The van der Waals surface area contributed by atoms with Crippen LogP contribution in [-0.4, -0.2) is 37.2 Å². The molecule has 0 aromatic heterocycles. The molecule has 2 aliphatic heterocycles. The summed E-state index contributed by atoms with van der Waals surface area (Å²) in [6, 6.07) is 13.3. The van der Waals surface area contributed by atoms with Gasteiger partial charge in [0.25, 0.3) is 0 Å². The number of hydrogen-bond acceptors (Lipinski definition) is 4. The van der Waals surface area contributed by atoms with E-state index in [-0.39, 0.29) is 23.6 Å². The standard InChI is InChI=1S/C18H16ClNO4S/c19-13-4-3-5-14(10-13)25(22,23)20-9-8-18(12-20)11-16(21)15-6-1-2-7-17(15)24-18/h1-7,10H,8-9,11-12H2. The van der Waals surface area contributed by atoms with Crippen LogP contribution in [0.15, 0.2) is 53.4 Å². The summed E-state index contributed by atoms with van der Waals surface area (Å²) in [5, 5.41) is 0.369. The molecule has 130 valence electrons. The van der Waals surface area contributed by atoms with Gasteiger partial charge in [-0.3, -0.25) is 4.79 Å². The van der Waals surface area contributed by atoms with Gasteiger partial charge in [-0.1, -0.05) is 29.8 Å². The largest absolute Gasteiger partial charge is 0.485 e. The first-order valence-corrected chi connectivity index (χ1v) is 9.78. The Morgan fingerprint density at radius 1 is 1.12 bits per heavy atom. The third-order valence-electron chi connectivity index (χ3n) is 4.71. The Bertz CT molecular complexity index is 959. The van der Waals surface area contributed by atoms with Crippen molar-refractivity contribution in [2.45, 2.75) is 23.3 Å². The number of para-hydroxylation sites is 1. The van der Waals surface area contributed by atoms with Crippen LogP contribution >= 0.6 is 11.6 Å². The van der Waals surface area contributed by atoms with Crippen LogP contribution in [0.3, 0.4) is 0 Å². The van der Waals surface area contributed by atoms with Gasteiger partial charge in [-0.15, -0.1) is 0 Å². The lowest BCUT2D eigenvalue weighted by molar-refractivity contribution is 0.0498. The topological polar surface area (TPSA) is 63.7 Å². The van der Waals surface area contributed by atoms with E-state index in [0.717, 1.165) is 0 Å². The van der Waals surface area contributed by atoms with E-state index >= 15 is 0 Å². The predicted octanol–water partition coefficient (Wildman–Crippen LogP) is 3.14. The second kappa shape index (κ2) is 5.83. The molecule has 2 heterocycles. The van der Waals surface area contributed by atoms with E-state index in [1.807, 2.05) is 0 Å². The summed E-state index contributed by atoms with van der Waals surface area (Å²) >= 11 is 5.92. The zero-order valence-corrected chi connectivity index (χ0v) is 14.9. The lowest BCUT2D eigenvalue weighted by Crippen LogP contribution is -2.45. The third-order valence-corrected chi connectivity index (χ3v) is 6.79. The number of carbonyl (C=O) groups excluding carboxylic acids is 1. The molecule has 1 unspecified atom stereocenters. The summed E-state index contributed by atoms with van der Waals surface area (Å²) in [7, 11) is -3.67. The lowest BCUT2D eigenvalue weighted by atomic mass is 9.89. The monoisotopic (exact) mass is 377 g/mol. The van der Waals surface area contributed by atoms with Crippen LogP contribution in [0.25, 0.3) is 0 Å². The van der Waals surface area contributed by atoms with E-state index in [1.165, 1.54) is 16.4 Å². The van der Waals surface area contributed by atoms with Gasteiger partial charge in [0.05, 0.1) is 23.4 Å². The molecule has 25 heavy (non-hydrogen) atoms. The fourth-order valence-corrected chi connectivity index (χ4v) is 5.28. The van der Waals surface area contributed by atoms with E-state index in [9.17, 15) is 13.2 Å². The number of halogens is 1. The Kier molecular flexibility index (Phi) is 3.86. The van der Waals surface area contributed by atoms with Crippen molar-refractivity contribution < 1.29 is 17.9 Å². The molecule has 2 aromatic rings. The van der Waals surface area contributed by atoms with Crippen LogP contribution in [0.4, 0.5) is 0 Å². The van der Waals surface area contributed by atoms with Gasteiger partial charge in [0.15, 0.2) is 5.78 Å². The molecular formula is C18H16ClNO4S. The van der Waals surface area contributed by atoms with Crippen LogP contribution in [0.1, 0.15) is 23.2 Å². The van der Waals surface area contributed by atoms with Crippen LogP contribution in [0.5, 0.6) is 5.75 Å². The number of benzene rings is 2. The van der Waals surface area contributed by atoms with Gasteiger partial charge < -0.3 is 4.74 Å². The number of ketones is 1. The zero-order valence-electron chi connectivity index (χ0n) is 13.3. The molecule has 0 radical (unpaired) electrons. The van der Waals surface area contributed by atoms with Crippen LogP contribution in [-0.2, 0) is 10.0 Å². The van der Waals surface area contributed by atoms with Crippen molar-refractivity contribution in [1.29, 1.82) is 0 Å². The van der Waals surface area contributed by atoms with Crippen molar-refractivity contribution in [3.8, 4) is 5.75 Å². The highest BCUT2D eigenvalue weighted by Crippen LogP contribution is 2.40. The predicted molar refractivity (Wildman–Crippen MR) is 93.6 cm³/mol. The fourth-order valence-electron chi connectivity index (χ4n) is 3.46. The fraction of sp³-hybridized carbons (Fsp3) is 0.278. The number of Topliss-reactive ketones (excluding diaryl/α,β-unsaturated/α-hetero) is 1. The highest BCUT2D eigenvalue weighted by Gasteiger charge is 2.48. The highest BCUT2D eigenvalue weighted by atomic mass is 35.5. The van der Waals surface area contributed by atoms with Crippen molar-refractivity contribution in [2.24, 2.45) is 0 Å². The first-order chi connectivity index (χ1) is 11.9. The minimum absolute atomic E-state index is 0.0103. The Labute approximate surface area is 151 Å². The van der Waals surface area contributed by atoms with Crippen molar-refractivity contribution in [3.63, 3.8) is 0 Å². The first-order valence-electron chi connectivity index (χ1n) is 7.97. The highest BCUT2D eigenvalue weighted by molar-refractivity contribution is 7.89. The van der Waals surface area contributed by atoms with E-state index < -0.39 is 15.6 Å². The number of hydrogen-bond donors (Lipinski definition) is 0. The van der Waals surface area contributed by atoms with Gasteiger partial charge in [-0.25, -0.2) is 8.42 Å². The van der Waals surface area contributed by atoms with Gasteiger partial charge in [0.2, 0.25) is 10.0 Å². The van der Waals surface area contributed by atoms with Crippen LogP contribution < -0.4 is 4.74 Å². The maximum absolute atomic E-state index is 12.9. The molecule has 1 spiro atoms. The second-order valence-electron chi connectivity index (χ2n) is 6.43.